The van der Waals surface area contributed by atoms with E-state index < -0.39 is 10.0 Å². The van der Waals surface area contributed by atoms with Crippen molar-refractivity contribution in [3.8, 4) is 5.75 Å². The third-order valence-electron chi connectivity index (χ3n) is 6.29. The molecule has 2 aromatic rings. The Balaban J connectivity index is 1.61. The van der Waals surface area contributed by atoms with Gasteiger partial charge in [0, 0.05) is 13.1 Å². The van der Waals surface area contributed by atoms with E-state index in [1.54, 1.807) is 10.4 Å². The van der Waals surface area contributed by atoms with E-state index in [1.807, 2.05) is 12.1 Å². The summed E-state index contributed by atoms with van der Waals surface area (Å²) in [6.07, 6.45) is 6.69. The Morgan fingerprint density at radius 3 is 2.52 bits per heavy atom. The van der Waals surface area contributed by atoms with Gasteiger partial charge in [0.15, 0.2) is 0 Å². The number of rotatable bonds is 5. The van der Waals surface area contributed by atoms with Gasteiger partial charge in [0.2, 0.25) is 10.0 Å². The summed E-state index contributed by atoms with van der Waals surface area (Å²) >= 11 is 0. The second-order valence-electron chi connectivity index (χ2n) is 8.30. The van der Waals surface area contributed by atoms with Crippen molar-refractivity contribution in [2.75, 3.05) is 20.2 Å². The van der Waals surface area contributed by atoms with Gasteiger partial charge >= 0.3 is 0 Å². The molecule has 1 saturated heterocycles. The van der Waals surface area contributed by atoms with Crippen molar-refractivity contribution in [3.63, 3.8) is 0 Å². The molecule has 2 aliphatic rings. The predicted octanol–water partition coefficient (Wildman–Crippen LogP) is 4.07. The van der Waals surface area contributed by atoms with Crippen LogP contribution in [-0.4, -0.2) is 38.8 Å². The van der Waals surface area contributed by atoms with Crippen LogP contribution in [0.2, 0.25) is 0 Å². The minimum atomic E-state index is -3.65. The number of ether oxygens (including phenoxy) is 1. The summed E-state index contributed by atoms with van der Waals surface area (Å²) in [6.45, 7) is 1.05. The Kier molecular flexibility index (Phi) is 6.62. The SMILES string of the molecule is COc1ccc(S(=O)(=O)N2CCCCCC2)cc1C(=O)N[C@H]1CCCc2ccccc21. The Bertz CT molecular complexity index is 1040. The van der Waals surface area contributed by atoms with Crippen LogP contribution >= 0.6 is 0 Å². The average Bonchev–Trinajstić information content (AvgIpc) is 3.09. The Morgan fingerprint density at radius 1 is 1.03 bits per heavy atom. The molecule has 0 unspecified atom stereocenters. The molecule has 0 radical (unpaired) electrons. The van der Waals surface area contributed by atoms with Gasteiger partial charge in [-0.3, -0.25) is 4.79 Å². The zero-order chi connectivity index (χ0) is 21.8. The van der Waals surface area contributed by atoms with E-state index in [4.69, 9.17) is 4.74 Å². The first-order valence-electron chi connectivity index (χ1n) is 11.1. The first-order valence-corrected chi connectivity index (χ1v) is 12.5. The molecule has 1 amide bonds. The van der Waals surface area contributed by atoms with E-state index in [0.717, 1.165) is 50.5 Å². The van der Waals surface area contributed by atoms with Crippen molar-refractivity contribution >= 4 is 15.9 Å². The lowest BCUT2D eigenvalue weighted by atomic mass is 9.87. The van der Waals surface area contributed by atoms with Crippen LogP contribution in [0, 0.1) is 0 Å². The van der Waals surface area contributed by atoms with Crippen LogP contribution in [0.25, 0.3) is 0 Å². The number of nitrogens with one attached hydrogen (secondary N) is 1. The molecule has 0 saturated carbocycles. The molecule has 1 aliphatic carbocycles. The molecule has 0 bridgehead atoms. The van der Waals surface area contributed by atoms with Crippen LogP contribution in [0.5, 0.6) is 5.75 Å². The normalized spacial score (nSPS) is 19.8. The lowest BCUT2D eigenvalue weighted by Gasteiger charge is -2.27. The van der Waals surface area contributed by atoms with E-state index in [0.29, 0.717) is 18.8 Å². The van der Waals surface area contributed by atoms with E-state index in [9.17, 15) is 13.2 Å². The number of aryl methyl sites for hydroxylation is 1. The Morgan fingerprint density at radius 2 is 1.77 bits per heavy atom. The monoisotopic (exact) mass is 442 g/mol. The molecule has 1 atom stereocenters. The summed E-state index contributed by atoms with van der Waals surface area (Å²) in [4.78, 5) is 13.4. The number of methoxy groups -OCH3 is 1. The number of nitrogens with zero attached hydrogens (tertiary/aromatic N) is 1. The number of benzene rings is 2. The second kappa shape index (κ2) is 9.40. The molecule has 0 aromatic heterocycles. The van der Waals surface area contributed by atoms with Gasteiger partial charge < -0.3 is 10.1 Å². The van der Waals surface area contributed by atoms with Crippen molar-refractivity contribution in [1.29, 1.82) is 0 Å². The maximum absolute atomic E-state index is 13.2. The van der Waals surface area contributed by atoms with Gasteiger partial charge in [0.1, 0.15) is 5.75 Å². The fourth-order valence-corrected chi connectivity index (χ4v) is 6.14. The van der Waals surface area contributed by atoms with Gasteiger partial charge in [-0.05, 0) is 61.4 Å². The minimum absolute atomic E-state index is 0.0898. The van der Waals surface area contributed by atoms with Gasteiger partial charge in [-0.25, -0.2) is 8.42 Å². The number of hydrogen-bond donors (Lipinski definition) is 1. The van der Waals surface area contributed by atoms with E-state index >= 15 is 0 Å². The third-order valence-corrected chi connectivity index (χ3v) is 8.19. The van der Waals surface area contributed by atoms with E-state index in [-0.39, 0.29) is 22.4 Å². The lowest BCUT2D eigenvalue weighted by Crippen LogP contribution is -2.33. The number of hydrogen-bond acceptors (Lipinski definition) is 4. The number of sulfonamides is 1. The lowest BCUT2D eigenvalue weighted by molar-refractivity contribution is 0.0929. The fraction of sp³-hybridized carbons (Fsp3) is 0.458. The van der Waals surface area contributed by atoms with Crippen LogP contribution in [0.3, 0.4) is 0 Å². The Labute approximate surface area is 184 Å². The van der Waals surface area contributed by atoms with Crippen molar-refractivity contribution in [2.24, 2.45) is 0 Å². The van der Waals surface area contributed by atoms with Gasteiger partial charge in [-0.15, -0.1) is 0 Å². The molecule has 7 heteroatoms. The maximum atomic E-state index is 13.2. The van der Waals surface area contributed by atoms with Crippen LogP contribution in [0.4, 0.5) is 0 Å². The molecule has 0 spiro atoms. The average molecular weight is 443 g/mol. The van der Waals surface area contributed by atoms with Crippen LogP contribution in [-0.2, 0) is 16.4 Å². The molecule has 166 valence electrons. The highest BCUT2D eigenvalue weighted by molar-refractivity contribution is 7.89. The number of fused-ring (bicyclic) bond motifs is 1. The molecule has 1 fully saturated rings. The quantitative estimate of drug-likeness (QED) is 0.757. The van der Waals surface area contributed by atoms with Crippen molar-refractivity contribution in [3.05, 3.63) is 59.2 Å². The highest BCUT2D eigenvalue weighted by Crippen LogP contribution is 2.31. The first kappa shape index (κ1) is 21.8. The smallest absolute Gasteiger partial charge is 0.255 e. The van der Waals surface area contributed by atoms with Crippen molar-refractivity contribution < 1.29 is 17.9 Å². The predicted molar refractivity (Wildman–Crippen MR) is 120 cm³/mol. The molecule has 1 heterocycles. The van der Waals surface area contributed by atoms with Crippen LogP contribution in [0.15, 0.2) is 47.4 Å². The minimum Gasteiger partial charge on any atom is -0.496 e. The van der Waals surface area contributed by atoms with E-state index in [1.165, 1.54) is 24.8 Å². The Hall–Kier alpha value is -2.38. The van der Waals surface area contributed by atoms with E-state index in [2.05, 4.69) is 17.4 Å². The molecule has 6 nitrogen and oxygen atoms in total. The fourth-order valence-electron chi connectivity index (χ4n) is 4.60. The summed E-state index contributed by atoms with van der Waals surface area (Å²) in [6, 6.07) is 12.6. The highest BCUT2D eigenvalue weighted by atomic mass is 32.2. The summed E-state index contributed by atoms with van der Waals surface area (Å²) < 4.78 is 33.4. The maximum Gasteiger partial charge on any atom is 0.255 e. The number of amides is 1. The highest BCUT2D eigenvalue weighted by Gasteiger charge is 2.28. The topological polar surface area (TPSA) is 75.7 Å². The van der Waals surface area contributed by atoms with Gasteiger partial charge in [-0.2, -0.15) is 4.31 Å². The summed E-state index contributed by atoms with van der Waals surface area (Å²) in [7, 11) is -2.16. The van der Waals surface area contributed by atoms with Crippen LogP contribution in [0.1, 0.15) is 66.1 Å². The molecule has 1 N–H and O–H groups in total. The van der Waals surface area contributed by atoms with Gasteiger partial charge in [0.05, 0.1) is 23.6 Å². The molecular weight excluding hydrogens is 412 g/mol. The zero-order valence-electron chi connectivity index (χ0n) is 18.0. The molecule has 31 heavy (non-hydrogen) atoms. The van der Waals surface area contributed by atoms with Crippen LogP contribution < -0.4 is 10.1 Å². The summed E-state index contributed by atoms with van der Waals surface area (Å²) in [5.74, 6) is 0.0582. The second-order valence-corrected chi connectivity index (χ2v) is 10.2. The third kappa shape index (κ3) is 4.62. The van der Waals surface area contributed by atoms with Gasteiger partial charge in [0.25, 0.3) is 5.91 Å². The standard InChI is InChI=1S/C24H30N2O4S/c1-30-23-14-13-19(31(28,29)26-15-6-2-3-7-16-26)17-21(23)24(27)25-22-12-8-10-18-9-4-5-11-20(18)22/h4-5,9,11,13-14,17,22H,2-3,6-8,10,12,15-16H2,1H3,(H,25,27)/t22-/m0/s1. The van der Waals surface area contributed by atoms with Crippen molar-refractivity contribution in [1.82, 2.24) is 9.62 Å². The largest absolute Gasteiger partial charge is 0.496 e. The number of carbonyl (C=O) groups excluding carboxylic acids is 1. The number of carbonyl (C=O) groups is 1. The molecule has 1 aliphatic heterocycles. The summed E-state index contributed by atoms with van der Waals surface area (Å²) in [5, 5.41) is 3.11. The zero-order valence-corrected chi connectivity index (χ0v) is 18.8. The summed E-state index contributed by atoms with van der Waals surface area (Å²) in [5.41, 5.74) is 2.64. The van der Waals surface area contributed by atoms with Gasteiger partial charge in [-0.1, -0.05) is 37.1 Å². The first-order chi connectivity index (χ1) is 15.0. The van der Waals surface area contributed by atoms with Crippen molar-refractivity contribution in [2.45, 2.75) is 55.9 Å². The molecule has 4 rings (SSSR count). The molecular formula is C24H30N2O4S. The molecule has 2 aromatic carbocycles.